The number of hydrogen-bond acceptors (Lipinski definition) is 10. The number of carbonyl (C=O) groups excluding carboxylic acids is 9. The van der Waals surface area contributed by atoms with Crippen molar-refractivity contribution in [2.75, 3.05) is 26.2 Å². The molecule has 0 rings (SSSR count). The second-order valence-electron chi connectivity index (χ2n) is 22.3. The molecule has 0 saturated heterocycles. The summed E-state index contributed by atoms with van der Waals surface area (Å²) in [4.78, 5) is 120. The van der Waals surface area contributed by atoms with Crippen LogP contribution < -0.4 is 47.9 Å². The van der Waals surface area contributed by atoms with E-state index in [-0.39, 0.29) is 30.0 Å². The average Bonchev–Trinajstić information content (AvgIpc) is 3.40. The summed E-state index contributed by atoms with van der Waals surface area (Å²) in [5, 5.41) is 26.2. The lowest BCUT2D eigenvalue weighted by Crippen LogP contribution is -2.59. The predicted molar refractivity (Wildman–Crippen MR) is 315 cm³/mol. The van der Waals surface area contributed by atoms with Gasteiger partial charge in [-0.05, 0) is 98.3 Å². The molecule has 19 nitrogen and oxygen atoms in total. The first-order valence-electron chi connectivity index (χ1n) is 31.1. The van der Waals surface area contributed by atoms with Crippen LogP contribution in [0.5, 0.6) is 0 Å². The van der Waals surface area contributed by atoms with Crippen molar-refractivity contribution < 1.29 is 47.9 Å². The fourth-order valence-corrected chi connectivity index (χ4v) is 8.90. The van der Waals surface area contributed by atoms with E-state index in [2.05, 4.69) is 68.6 Å². The minimum Gasteiger partial charge on any atom is -0.444 e. The van der Waals surface area contributed by atoms with Crippen LogP contribution in [-0.2, 0) is 43.1 Å². The van der Waals surface area contributed by atoms with Gasteiger partial charge in [0.1, 0.15) is 35.8 Å². The van der Waals surface area contributed by atoms with Crippen molar-refractivity contribution in [1.29, 1.82) is 0 Å². The van der Waals surface area contributed by atoms with Crippen LogP contribution >= 0.6 is 0 Å². The van der Waals surface area contributed by atoms with Crippen LogP contribution in [0.1, 0.15) is 268 Å². The molecule has 0 aromatic heterocycles. The number of rotatable bonds is 49. The Morgan fingerprint density at radius 3 is 0.962 bits per heavy atom. The third kappa shape index (κ3) is 40.8. The first kappa shape index (κ1) is 74.0. The molecular weight excluding hydrogens is 1010 g/mol. The topological polar surface area (TPSA) is 271 Å². The van der Waals surface area contributed by atoms with Gasteiger partial charge in [0, 0.05) is 45.4 Å². The molecule has 0 aliphatic heterocycles. The van der Waals surface area contributed by atoms with E-state index >= 15 is 0 Å². The Labute approximate surface area is 477 Å². The zero-order valence-electron chi connectivity index (χ0n) is 50.9. The van der Waals surface area contributed by atoms with E-state index in [0.717, 1.165) is 89.9 Å². The van der Waals surface area contributed by atoms with Crippen LogP contribution in [-0.4, -0.2) is 115 Å². The van der Waals surface area contributed by atoms with E-state index in [1.165, 1.54) is 0 Å². The molecule has 19 heteroatoms. The Hall–Kier alpha value is -4.97. The summed E-state index contributed by atoms with van der Waals surface area (Å²) in [6, 6.07) is -4.59. The molecule has 0 aromatic rings. The minimum atomic E-state index is -0.998. The molecule has 0 radical (unpaired) electrons. The van der Waals surface area contributed by atoms with Gasteiger partial charge < -0.3 is 52.6 Å². The van der Waals surface area contributed by atoms with Gasteiger partial charge in [-0.1, -0.05) is 150 Å². The number of unbranched alkanes of at least 4 members (excludes halogenated alkanes) is 16. The molecule has 0 bridgehead atoms. The van der Waals surface area contributed by atoms with Crippen LogP contribution in [0.4, 0.5) is 4.79 Å². The predicted octanol–water partition coefficient (Wildman–Crippen LogP) is 8.89. The molecule has 0 aliphatic carbocycles. The zero-order valence-corrected chi connectivity index (χ0v) is 50.9. The number of nitrogens with one attached hydrogen (secondary N) is 9. The zero-order chi connectivity index (χ0) is 59.1. The highest BCUT2D eigenvalue weighted by molar-refractivity contribution is 5.96. The number of alkyl carbamates (subject to hydrolysis) is 1. The van der Waals surface area contributed by atoms with E-state index in [4.69, 9.17) is 4.74 Å². The fourth-order valence-electron chi connectivity index (χ4n) is 8.90. The van der Waals surface area contributed by atoms with E-state index < -0.39 is 65.5 Å². The Balaban J connectivity index is 5.86. The summed E-state index contributed by atoms with van der Waals surface area (Å²) in [6.07, 6.45) is 20.9. The monoisotopic (exact) mass is 1120 g/mol. The van der Waals surface area contributed by atoms with Crippen LogP contribution in [0.3, 0.4) is 0 Å². The molecule has 5 atom stereocenters. The lowest BCUT2D eigenvalue weighted by Gasteiger charge is -2.27. The Morgan fingerprint density at radius 2 is 0.620 bits per heavy atom. The molecule has 79 heavy (non-hydrogen) atoms. The van der Waals surface area contributed by atoms with Crippen molar-refractivity contribution in [3.05, 3.63) is 0 Å². The quantitative estimate of drug-likeness (QED) is 0.0261. The molecule has 0 heterocycles. The van der Waals surface area contributed by atoms with Crippen LogP contribution in [0.15, 0.2) is 0 Å². The van der Waals surface area contributed by atoms with Crippen molar-refractivity contribution in [1.82, 2.24) is 47.9 Å². The number of ether oxygens (including phenoxy) is 1. The second-order valence-corrected chi connectivity index (χ2v) is 22.3. The molecule has 0 fully saturated rings. The maximum Gasteiger partial charge on any atom is 0.407 e. The van der Waals surface area contributed by atoms with Crippen molar-refractivity contribution in [2.45, 2.75) is 304 Å². The fraction of sp³-hybridized carbons (Fsp3) is 0.850. The maximum atomic E-state index is 14.3. The van der Waals surface area contributed by atoms with Gasteiger partial charge in [0.2, 0.25) is 47.3 Å². The molecule has 458 valence electrons. The first-order valence-corrected chi connectivity index (χ1v) is 31.1. The third-order valence-electron chi connectivity index (χ3n) is 13.6. The molecule has 0 spiro atoms. The average molecular weight is 1120 g/mol. The van der Waals surface area contributed by atoms with Gasteiger partial charge in [-0.25, -0.2) is 4.79 Å². The highest BCUT2D eigenvalue weighted by Crippen LogP contribution is 2.14. The van der Waals surface area contributed by atoms with Gasteiger partial charge in [0.25, 0.3) is 0 Å². The van der Waals surface area contributed by atoms with Gasteiger partial charge in [0.05, 0.1) is 0 Å². The van der Waals surface area contributed by atoms with Crippen molar-refractivity contribution in [3.8, 4) is 0 Å². The van der Waals surface area contributed by atoms with Crippen LogP contribution in [0, 0.1) is 0 Å². The van der Waals surface area contributed by atoms with E-state index in [1.807, 2.05) is 41.5 Å². The molecule has 0 saturated carbocycles. The summed E-state index contributed by atoms with van der Waals surface area (Å²) in [6.45, 7) is 19.5. The lowest BCUT2D eigenvalue weighted by atomic mass is 10.0. The largest absolute Gasteiger partial charge is 0.444 e. The second kappa shape index (κ2) is 47.8. The van der Waals surface area contributed by atoms with Gasteiger partial charge in [-0.3, -0.25) is 38.4 Å². The molecule has 0 aromatic carbocycles. The van der Waals surface area contributed by atoms with Crippen molar-refractivity contribution in [2.24, 2.45) is 0 Å². The molecule has 9 amide bonds. The Kier molecular flexibility index (Phi) is 44.8. The first-order chi connectivity index (χ1) is 37.8. The summed E-state index contributed by atoms with van der Waals surface area (Å²) >= 11 is 0. The van der Waals surface area contributed by atoms with Crippen molar-refractivity contribution in [3.63, 3.8) is 0 Å². The lowest BCUT2D eigenvalue weighted by molar-refractivity contribution is -0.135. The van der Waals surface area contributed by atoms with Gasteiger partial charge in [-0.2, -0.15) is 0 Å². The Morgan fingerprint density at radius 1 is 0.316 bits per heavy atom. The highest BCUT2D eigenvalue weighted by Gasteiger charge is 2.32. The standard InChI is InChI=1S/C60H113N9O10/c1-10-16-24-35-46(54(73)63-44-33-21-29-40-51(70)61-15-6)66-56(75)48(37-26-18-12-3)68-58(77)50(39-28-20-14-5)69-57(76)49(38-27-19-13-4)67-55(74)47(36-25-17-11-2)65-53(72)42-31-23-32-43-62-52(71)41-30-22-34-45-64-59(78)79-60(7,8)9/h46-50H,10-45H2,1-9H3,(H,61,70)(H,62,71)(H,63,73)(H,64,78)(H,65,72)(H,66,75)(H,67,74)(H,68,77)(H,69,76). The summed E-state index contributed by atoms with van der Waals surface area (Å²) in [5.74, 6) is -2.53. The van der Waals surface area contributed by atoms with Crippen LogP contribution in [0.2, 0.25) is 0 Å². The SMILES string of the molecule is CCCCCC(NC(=O)CCCCCNC(=O)CCCCCNC(=O)OC(C)(C)C)C(=O)NC(CCCCC)C(=O)NC(CCCCC)C(=O)NC(CCCCC)C(=O)NC(CCCCC)C(=O)NCCCCCC(=O)NCC. The number of carbonyl (C=O) groups is 9. The van der Waals surface area contributed by atoms with Gasteiger partial charge in [0.15, 0.2) is 0 Å². The van der Waals surface area contributed by atoms with E-state index in [0.29, 0.717) is 135 Å². The number of hydrogen-bond donors (Lipinski definition) is 9. The van der Waals surface area contributed by atoms with Crippen molar-refractivity contribution >= 4 is 53.4 Å². The summed E-state index contributed by atoms with van der Waals surface area (Å²) < 4.78 is 5.23. The Bertz CT molecular complexity index is 1710. The molecular formula is C60H113N9O10. The van der Waals surface area contributed by atoms with Crippen LogP contribution in [0.25, 0.3) is 0 Å². The minimum absolute atomic E-state index is 0.0105. The van der Waals surface area contributed by atoms with E-state index in [9.17, 15) is 43.2 Å². The molecule has 9 N–H and O–H groups in total. The van der Waals surface area contributed by atoms with E-state index in [1.54, 1.807) is 0 Å². The normalized spacial score (nSPS) is 13.1. The third-order valence-corrected chi connectivity index (χ3v) is 13.6. The van der Waals surface area contributed by atoms with Gasteiger partial charge in [-0.15, -0.1) is 0 Å². The highest BCUT2D eigenvalue weighted by atomic mass is 16.6. The molecule has 0 aliphatic rings. The number of amides is 9. The van der Waals surface area contributed by atoms with Gasteiger partial charge >= 0.3 is 6.09 Å². The maximum absolute atomic E-state index is 14.3. The molecule has 5 unspecified atom stereocenters. The summed E-state index contributed by atoms with van der Waals surface area (Å²) in [5.41, 5.74) is -0.553. The summed E-state index contributed by atoms with van der Waals surface area (Å²) in [7, 11) is 0. The smallest absolute Gasteiger partial charge is 0.407 e.